The molecule has 1 amide bonds. The third kappa shape index (κ3) is 1.97. The Bertz CT molecular complexity index is 868. The van der Waals surface area contributed by atoms with E-state index >= 15 is 0 Å². The smallest absolute Gasteiger partial charge is 0.258 e. The van der Waals surface area contributed by atoms with E-state index in [-0.39, 0.29) is 5.91 Å². The van der Waals surface area contributed by atoms with Gasteiger partial charge in [-0.15, -0.1) is 5.10 Å². The molecule has 0 atom stereocenters. The Balaban J connectivity index is 1.74. The molecule has 0 aliphatic carbocycles. The predicted octanol–water partition coefficient (Wildman–Crippen LogP) is 2.56. The minimum Gasteiger partial charge on any atom is -0.308 e. The molecule has 2 aromatic carbocycles. The van der Waals surface area contributed by atoms with Gasteiger partial charge in [0.05, 0.1) is 5.52 Å². The number of hydrogen-bond donors (Lipinski definition) is 0. The fraction of sp³-hybridized carbons (Fsp3) is 0.235. The molecule has 1 aliphatic rings. The van der Waals surface area contributed by atoms with Crippen molar-refractivity contribution in [2.24, 2.45) is 7.05 Å². The van der Waals surface area contributed by atoms with Crippen LogP contribution in [0, 0.1) is 0 Å². The summed E-state index contributed by atoms with van der Waals surface area (Å²) < 4.78 is 1.71. The highest BCUT2D eigenvalue weighted by Crippen LogP contribution is 2.28. The number of rotatable bonds is 1. The maximum Gasteiger partial charge on any atom is 0.258 e. The summed E-state index contributed by atoms with van der Waals surface area (Å²) >= 11 is 0. The number of amides is 1. The van der Waals surface area contributed by atoms with Crippen molar-refractivity contribution in [1.82, 2.24) is 15.0 Å². The van der Waals surface area contributed by atoms with Crippen molar-refractivity contribution in [3.05, 3.63) is 53.6 Å². The Hall–Kier alpha value is -2.69. The Morgan fingerprint density at radius 2 is 2.05 bits per heavy atom. The zero-order valence-electron chi connectivity index (χ0n) is 12.4. The van der Waals surface area contributed by atoms with Crippen molar-refractivity contribution in [2.75, 3.05) is 11.4 Å². The average molecular weight is 292 g/mol. The molecule has 1 aliphatic heterocycles. The quantitative estimate of drug-likeness (QED) is 0.692. The SMILES string of the molecule is Cn1nnc2cc(C(=O)N3CCCc4ccccc43)ccc21. The number of carbonyl (C=O) groups excluding carboxylic acids is 1. The van der Waals surface area contributed by atoms with Gasteiger partial charge in [-0.05, 0) is 42.7 Å². The Morgan fingerprint density at radius 1 is 1.18 bits per heavy atom. The summed E-state index contributed by atoms with van der Waals surface area (Å²) in [5.41, 5.74) is 4.60. The van der Waals surface area contributed by atoms with Gasteiger partial charge in [-0.3, -0.25) is 4.79 Å². The number of hydrogen-bond acceptors (Lipinski definition) is 3. The fourth-order valence-corrected chi connectivity index (χ4v) is 3.07. The van der Waals surface area contributed by atoms with Gasteiger partial charge in [-0.1, -0.05) is 23.4 Å². The maximum absolute atomic E-state index is 12.9. The highest BCUT2D eigenvalue weighted by molar-refractivity contribution is 6.08. The van der Waals surface area contributed by atoms with Gasteiger partial charge in [0, 0.05) is 24.8 Å². The second-order valence-corrected chi connectivity index (χ2v) is 5.61. The molecule has 2 heterocycles. The lowest BCUT2D eigenvalue weighted by molar-refractivity contribution is 0.0985. The highest BCUT2D eigenvalue weighted by Gasteiger charge is 2.23. The molecule has 0 saturated carbocycles. The maximum atomic E-state index is 12.9. The van der Waals surface area contributed by atoms with E-state index in [2.05, 4.69) is 16.4 Å². The summed E-state index contributed by atoms with van der Waals surface area (Å²) in [5, 5.41) is 8.08. The van der Waals surface area contributed by atoms with E-state index in [1.807, 2.05) is 48.3 Å². The summed E-state index contributed by atoms with van der Waals surface area (Å²) in [5.74, 6) is 0.0275. The van der Waals surface area contributed by atoms with Crippen LogP contribution < -0.4 is 4.90 Å². The average Bonchev–Trinajstić information content (AvgIpc) is 2.94. The van der Waals surface area contributed by atoms with Gasteiger partial charge in [0.15, 0.2) is 0 Å². The molecule has 0 spiro atoms. The molecular formula is C17H16N4O. The van der Waals surface area contributed by atoms with Crippen LogP contribution in [0.25, 0.3) is 11.0 Å². The van der Waals surface area contributed by atoms with Crippen LogP contribution in [0.15, 0.2) is 42.5 Å². The number of carbonyl (C=O) groups is 1. The molecule has 5 nitrogen and oxygen atoms in total. The van der Waals surface area contributed by atoms with Crippen LogP contribution in [0.1, 0.15) is 22.3 Å². The van der Waals surface area contributed by atoms with Crippen molar-refractivity contribution < 1.29 is 4.79 Å². The van der Waals surface area contributed by atoms with E-state index in [1.165, 1.54) is 5.56 Å². The van der Waals surface area contributed by atoms with Gasteiger partial charge in [0.25, 0.3) is 5.91 Å². The van der Waals surface area contributed by atoms with E-state index < -0.39 is 0 Å². The van der Waals surface area contributed by atoms with Crippen molar-refractivity contribution in [2.45, 2.75) is 12.8 Å². The van der Waals surface area contributed by atoms with Crippen LogP contribution in [0.2, 0.25) is 0 Å². The van der Waals surface area contributed by atoms with Gasteiger partial charge in [0.1, 0.15) is 5.52 Å². The number of benzene rings is 2. The molecule has 0 radical (unpaired) electrons. The number of aryl methyl sites for hydroxylation is 2. The van der Waals surface area contributed by atoms with Crippen LogP contribution in [0.4, 0.5) is 5.69 Å². The van der Waals surface area contributed by atoms with Gasteiger partial charge in [0.2, 0.25) is 0 Å². The number of fused-ring (bicyclic) bond motifs is 2. The zero-order valence-corrected chi connectivity index (χ0v) is 12.4. The second kappa shape index (κ2) is 4.94. The molecule has 3 aromatic rings. The summed E-state index contributed by atoms with van der Waals surface area (Å²) in [6, 6.07) is 13.7. The second-order valence-electron chi connectivity index (χ2n) is 5.61. The molecule has 0 bridgehead atoms. The highest BCUT2D eigenvalue weighted by atomic mass is 16.2. The van der Waals surface area contributed by atoms with Crippen LogP contribution in [-0.2, 0) is 13.5 Å². The molecular weight excluding hydrogens is 276 g/mol. The summed E-state index contributed by atoms with van der Waals surface area (Å²) in [6.07, 6.45) is 2.03. The van der Waals surface area contributed by atoms with Crippen LogP contribution in [0.3, 0.4) is 0 Å². The van der Waals surface area contributed by atoms with Gasteiger partial charge in [-0.25, -0.2) is 4.68 Å². The molecule has 4 rings (SSSR count). The molecule has 1 aromatic heterocycles. The third-order valence-corrected chi connectivity index (χ3v) is 4.21. The number of anilines is 1. The zero-order chi connectivity index (χ0) is 15.1. The molecule has 0 unspecified atom stereocenters. The first-order chi connectivity index (χ1) is 10.7. The topological polar surface area (TPSA) is 51.0 Å². The summed E-state index contributed by atoms with van der Waals surface area (Å²) in [7, 11) is 1.84. The van der Waals surface area contributed by atoms with E-state index in [4.69, 9.17) is 0 Å². The molecule has 0 fully saturated rings. The van der Waals surface area contributed by atoms with E-state index in [0.717, 1.165) is 36.1 Å². The molecule has 110 valence electrons. The lowest BCUT2D eigenvalue weighted by atomic mass is 10.0. The van der Waals surface area contributed by atoms with Gasteiger partial charge < -0.3 is 4.90 Å². The lowest BCUT2D eigenvalue weighted by Gasteiger charge is -2.29. The Labute approximate surface area is 128 Å². The number of para-hydroxylation sites is 1. The molecule has 22 heavy (non-hydrogen) atoms. The lowest BCUT2D eigenvalue weighted by Crippen LogP contribution is -2.35. The van der Waals surface area contributed by atoms with Crippen molar-refractivity contribution in [3.63, 3.8) is 0 Å². The molecule has 0 saturated heterocycles. The first kappa shape index (κ1) is 13.0. The minimum absolute atomic E-state index is 0.0275. The molecule has 5 heteroatoms. The first-order valence-corrected chi connectivity index (χ1v) is 7.43. The standard InChI is InChI=1S/C17H16N4O/c1-20-16-9-8-13(11-14(16)18-19-20)17(22)21-10-4-6-12-5-2-3-7-15(12)21/h2-3,5,7-9,11H,4,6,10H2,1H3. The van der Waals surface area contributed by atoms with E-state index in [0.29, 0.717) is 5.56 Å². The normalized spacial score (nSPS) is 14.1. The van der Waals surface area contributed by atoms with Crippen LogP contribution in [-0.4, -0.2) is 27.4 Å². The van der Waals surface area contributed by atoms with E-state index in [1.54, 1.807) is 4.68 Å². The molecule has 0 N–H and O–H groups in total. The third-order valence-electron chi connectivity index (χ3n) is 4.21. The van der Waals surface area contributed by atoms with Crippen LogP contribution >= 0.6 is 0 Å². The Kier molecular flexibility index (Phi) is 2.92. The number of aromatic nitrogens is 3. The Morgan fingerprint density at radius 3 is 2.95 bits per heavy atom. The largest absolute Gasteiger partial charge is 0.308 e. The van der Waals surface area contributed by atoms with Crippen molar-refractivity contribution >= 4 is 22.6 Å². The number of nitrogens with zero attached hydrogens (tertiary/aromatic N) is 4. The van der Waals surface area contributed by atoms with Crippen molar-refractivity contribution in [1.29, 1.82) is 0 Å². The van der Waals surface area contributed by atoms with E-state index in [9.17, 15) is 4.79 Å². The van der Waals surface area contributed by atoms with Crippen molar-refractivity contribution in [3.8, 4) is 0 Å². The monoisotopic (exact) mass is 292 g/mol. The summed E-state index contributed by atoms with van der Waals surface area (Å²) in [4.78, 5) is 14.8. The fourth-order valence-electron chi connectivity index (χ4n) is 3.07. The summed E-state index contributed by atoms with van der Waals surface area (Å²) in [6.45, 7) is 0.758. The van der Waals surface area contributed by atoms with Crippen LogP contribution in [0.5, 0.6) is 0 Å². The first-order valence-electron chi connectivity index (χ1n) is 7.43. The van der Waals surface area contributed by atoms with Gasteiger partial charge >= 0.3 is 0 Å². The predicted molar refractivity (Wildman–Crippen MR) is 84.9 cm³/mol. The minimum atomic E-state index is 0.0275. The van der Waals surface area contributed by atoms with Gasteiger partial charge in [-0.2, -0.15) is 0 Å².